The van der Waals surface area contributed by atoms with Crippen molar-refractivity contribution in [2.24, 2.45) is 23.2 Å². The van der Waals surface area contributed by atoms with Crippen LogP contribution in [0.25, 0.3) is 0 Å². The highest BCUT2D eigenvalue weighted by molar-refractivity contribution is 5.77. The first-order valence-electron chi connectivity index (χ1n) is 8.42. The van der Waals surface area contributed by atoms with Crippen LogP contribution in [0.3, 0.4) is 0 Å². The third kappa shape index (κ3) is 2.22. The van der Waals surface area contributed by atoms with Crippen molar-refractivity contribution in [1.82, 2.24) is 0 Å². The normalized spacial score (nSPS) is 54.3. The van der Waals surface area contributed by atoms with Crippen molar-refractivity contribution < 1.29 is 19.0 Å². The number of epoxide rings is 2. The molecular formula is C17H26O4. The number of rotatable bonds is 3. The Morgan fingerprint density at radius 3 is 2.76 bits per heavy atom. The smallest absolute Gasteiger partial charge is 0.311 e. The van der Waals surface area contributed by atoms with Gasteiger partial charge in [0, 0.05) is 5.92 Å². The Hall–Kier alpha value is -0.610. The summed E-state index contributed by atoms with van der Waals surface area (Å²) in [4.78, 5) is 12.4. The minimum absolute atomic E-state index is 0.0505. The number of methoxy groups -OCH3 is 1. The minimum Gasteiger partial charge on any atom is -0.469 e. The Morgan fingerprint density at radius 1 is 1.24 bits per heavy atom. The van der Waals surface area contributed by atoms with Crippen molar-refractivity contribution >= 4 is 5.97 Å². The van der Waals surface area contributed by atoms with Crippen molar-refractivity contribution in [1.29, 1.82) is 0 Å². The fourth-order valence-electron chi connectivity index (χ4n) is 4.95. The Bertz CT molecular complexity index is 450. The van der Waals surface area contributed by atoms with Crippen molar-refractivity contribution in [2.75, 3.05) is 7.11 Å². The van der Waals surface area contributed by atoms with Gasteiger partial charge in [0.25, 0.3) is 0 Å². The van der Waals surface area contributed by atoms with Gasteiger partial charge in [0.2, 0.25) is 0 Å². The summed E-state index contributed by atoms with van der Waals surface area (Å²) in [5.74, 6) is 1.61. The first-order valence-corrected chi connectivity index (χ1v) is 8.42. The topological polar surface area (TPSA) is 51.4 Å². The van der Waals surface area contributed by atoms with Gasteiger partial charge in [-0.3, -0.25) is 4.79 Å². The molecule has 0 amide bonds. The third-order valence-electron chi connectivity index (χ3n) is 6.62. The summed E-state index contributed by atoms with van der Waals surface area (Å²) in [5, 5.41) is 0. The van der Waals surface area contributed by atoms with Crippen LogP contribution in [0.4, 0.5) is 0 Å². The first kappa shape index (κ1) is 14.0. The monoisotopic (exact) mass is 294 g/mol. The van der Waals surface area contributed by atoms with E-state index in [1.54, 1.807) is 0 Å². The SMILES string of the molecule is COC(=O)C1(C)CCC2OC2C1CC1CC2OC2CC1C. The fraction of sp³-hybridized carbons (Fsp3) is 0.941. The van der Waals surface area contributed by atoms with E-state index < -0.39 is 0 Å². The highest BCUT2D eigenvalue weighted by Gasteiger charge is 2.60. The van der Waals surface area contributed by atoms with Gasteiger partial charge in [0.15, 0.2) is 0 Å². The van der Waals surface area contributed by atoms with E-state index in [1.807, 2.05) is 0 Å². The molecule has 0 spiro atoms. The maximum absolute atomic E-state index is 12.4. The molecule has 0 aromatic rings. The first-order chi connectivity index (χ1) is 10.0. The quantitative estimate of drug-likeness (QED) is 0.593. The average Bonchev–Trinajstić information content (AvgIpc) is 3.35. The second-order valence-corrected chi connectivity index (χ2v) is 7.85. The lowest BCUT2D eigenvalue weighted by atomic mass is 9.62. The zero-order valence-corrected chi connectivity index (χ0v) is 13.2. The summed E-state index contributed by atoms with van der Waals surface area (Å²) in [6, 6.07) is 0. The van der Waals surface area contributed by atoms with Crippen LogP contribution in [-0.2, 0) is 19.0 Å². The van der Waals surface area contributed by atoms with E-state index >= 15 is 0 Å². The summed E-state index contributed by atoms with van der Waals surface area (Å²) < 4.78 is 16.7. The van der Waals surface area contributed by atoms with Crippen molar-refractivity contribution in [2.45, 2.75) is 70.4 Å². The molecule has 2 saturated carbocycles. The summed E-state index contributed by atoms with van der Waals surface area (Å²) in [6.45, 7) is 4.43. The molecule has 2 saturated heterocycles. The number of ether oxygens (including phenoxy) is 3. The maximum Gasteiger partial charge on any atom is 0.311 e. The molecule has 0 N–H and O–H groups in total. The van der Waals surface area contributed by atoms with Gasteiger partial charge in [0.05, 0.1) is 36.9 Å². The lowest BCUT2D eigenvalue weighted by molar-refractivity contribution is -0.157. The van der Waals surface area contributed by atoms with E-state index in [4.69, 9.17) is 14.2 Å². The predicted octanol–water partition coefficient (Wildman–Crippen LogP) is 2.55. The van der Waals surface area contributed by atoms with Crippen LogP contribution in [0.15, 0.2) is 0 Å². The molecule has 0 aromatic heterocycles. The van der Waals surface area contributed by atoms with E-state index in [2.05, 4.69) is 13.8 Å². The van der Waals surface area contributed by atoms with E-state index in [0.29, 0.717) is 36.1 Å². The number of carbonyl (C=O) groups excluding carboxylic acids is 1. The zero-order chi connectivity index (χ0) is 14.8. The molecule has 4 heteroatoms. The zero-order valence-electron chi connectivity index (χ0n) is 13.2. The van der Waals surface area contributed by atoms with E-state index in [-0.39, 0.29) is 17.5 Å². The van der Waals surface area contributed by atoms with E-state index in [1.165, 1.54) is 13.5 Å². The van der Waals surface area contributed by atoms with Crippen molar-refractivity contribution in [3.05, 3.63) is 0 Å². The van der Waals surface area contributed by atoms with Gasteiger partial charge in [0.1, 0.15) is 0 Å². The molecule has 4 nitrogen and oxygen atoms in total. The molecule has 2 aliphatic carbocycles. The molecule has 0 bridgehead atoms. The largest absolute Gasteiger partial charge is 0.469 e. The summed E-state index contributed by atoms with van der Waals surface area (Å²) in [6.07, 6.45) is 7.04. The highest BCUT2D eigenvalue weighted by Crippen LogP contribution is 2.55. The number of fused-ring (bicyclic) bond motifs is 2. The molecule has 8 unspecified atom stereocenters. The molecule has 4 fully saturated rings. The highest BCUT2D eigenvalue weighted by atomic mass is 16.6. The van der Waals surface area contributed by atoms with Crippen LogP contribution in [-0.4, -0.2) is 37.5 Å². The van der Waals surface area contributed by atoms with E-state index in [0.717, 1.165) is 25.7 Å². The van der Waals surface area contributed by atoms with Crippen LogP contribution in [0.2, 0.25) is 0 Å². The standard InChI is InChI=1S/C17H26O4/c1-9-6-13-14(20-13)8-10(9)7-11-15-12(21-15)4-5-17(11,2)16(18)19-3/h9-15H,4-8H2,1-3H3. The van der Waals surface area contributed by atoms with E-state index in [9.17, 15) is 4.79 Å². The second kappa shape index (κ2) is 4.69. The Labute approximate surface area is 126 Å². The summed E-state index contributed by atoms with van der Waals surface area (Å²) in [7, 11) is 1.51. The molecule has 2 heterocycles. The number of hydrogen-bond acceptors (Lipinski definition) is 4. The van der Waals surface area contributed by atoms with Gasteiger partial charge >= 0.3 is 5.97 Å². The molecule has 8 atom stereocenters. The summed E-state index contributed by atoms with van der Waals surface area (Å²) >= 11 is 0. The van der Waals surface area contributed by atoms with Gasteiger partial charge in [-0.05, 0) is 50.9 Å². The molecule has 2 aliphatic heterocycles. The number of carbonyl (C=O) groups is 1. The van der Waals surface area contributed by atoms with Gasteiger partial charge in [-0.1, -0.05) is 6.92 Å². The molecule has 0 aromatic carbocycles. The Morgan fingerprint density at radius 2 is 2.00 bits per heavy atom. The minimum atomic E-state index is -0.368. The van der Waals surface area contributed by atoms with Crippen molar-refractivity contribution in [3.8, 4) is 0 Å². The Kier molecular flexibility index (Phi) is 3.13. The fourth-order valence-corrected chi connectivity index (χ4v) is 4.95. The van der Waals surface area contributed by atoms with Crippen LogP contribution >= 0.6 is 0 Å². The molecule has 21 heavy (non-hydrogen) atoms. The van der Waals surface area contributed by atoms with Gasteiger partial charge in [-0.15, -0.1) is 0 Å². The van der Waals surface area contributed by atoms with Gasteiger partial charge < -0.3 is 14.2 Å². The van der Waals surface area contributed by atoms with Gasteiger partial charge in [-0.25, -0.2) is 0 Å². The average molecular weight is 294 g/mol. The number of hydrogen-bond donors (Lipinski definition) is 0. The lowest BCUT2D eigenvalue weighted by Crippen LogP contribution is -2.44. The third-order valence-corrected chi connectivity index (χ3v) is 6.62. The van der Waals surface area contributed by atoms with Crippen LogP contribution in [0.5, 0.6) is 0 Å². The number of esters is 1. The Balaban J connectivity index is 1.51. The molecule has 4 rings (SSSR count). The van der Waals surface area contributed by atoms with Crippen LogP contribution in [0, 0.1) is 23.2 Å². The second-order valence-electron chi connectivity index (χ2n) is 7.85. The van der Waals surface area contributed by atoms with Crippen LogP contribution < -0.4 is 0 Å². The lowest BCUT2D eigenvalue weighted by Gasteiger charge is -2.40. The predicted molar refractivity (Wildman–Crippen MR) is 76.7 cm³/mol. The van der Waals surface area contributed by atoms with Crippen molar-refractivity contribution in [3.63, 3.8) is 0 Å². The molecular weight excluding hydrogens is 268 g/mol. The molecule has 4 aliphatic rings. The molecule has 118 valence electrons. The maximum atomic E-state index is 12.4. The van der Waals surface area contributed by atoms with Crippen LogP contribution in [0.1, 0.15) is 46.0 Å². The summed E-state index contributed by atoms with van der Waals surface area (Å²) in [5.41, 5.74) is -0.368. The van der Waals surface area contributed by atoms with Gasteiger partial charge in [-0.2, -0.15) is 0 Å². The molecule has 0 radical (unpaired) electrons.